The van der Waals surface area contributed by atoms with Gasteiger partial charge in [-0.2, -0.15) is 0 Å². The summed E-state index contributed by atoms with van der Waals surface area (Å²) in [5.74, 6) is -0.0411. The van der Waals surface area contributed by atoms with E-state index in [0.29, 0.717) is 38.2 Å². The molecule has 1 amide bonds. The molecule has 2 rings (SSSR count). The molecule has 1 fully saturated rings. The van der Waals surface area contributed by atoms with Crippen molar-refractivity contribution in [3.63, 3.8) is 0 Å². The first-order valence-electron chi connectivity index (χ1n) is 7.31. The molecule has 7 heteroatoms. The maximum absolute atomic E-state index is 12.5. The zero-order valence-corrected chi connectivity index (χ0v) is 14.1. The van der Waals surface area contributed by atoms with Crippen molar-refractivity contribution in [1.29, 1.82) is 0 Å². The third-order valence-electron chi connectivity index (χ3n) is 3.84. The Morgan fingerprint density at radius 1 is 1.05 bits per heavy atom. The maximum Gasteiger partial charge on any atom is 0.253 e. The topological polar surface area (TPSA) is 60.9 Å². The Kier molecular flexibility index (Phi) is 5.08. The van der Waals surface area contributed by atoms with Crippen LogP contribution in [0.25, 0.3) is 0 Å². The second kappa shape index (κ2) is 6.66. The van der Waals surface area contributed by atoms with Gasteiger partial charge in [-0.25, -0.2) is 12.7 Å². The van der Waals surface area contributed by atoms with Crippen LogP contribution in [-0.4, -0.2) is 70.1 Å². The lowest BCUT2D eigenvalue weighted by atomic mass is 10.1. The molecule has 6 nitrogen and oxygen atoms in total. The highest BCUT2D eigenvalue weighted by atomic mass is 32.2. The van der Waals surface area contributed by atoms with Crippen molar-refractivity contribution >= 4 is 21.6 Å². The van der Waals surface area contributed by atoms with E-state index in [0.717, 1.165) is 5.69 Å². The smallest absolute Gasteiger partial charge is 0.253 e. The van der Waals surface area contributed by atoms with Crippen LogP contribution in [0, 0.1) is 0 Å². The third kappa shape index (κ3) is 3.98. The summed E-state index contributed by atoms with van der Waals surface area (Å²) in [4.78, 5) is 16.2. The summed E-state index contributed by atoms with van der Waals surface area (Å²) in [5.41, 5.74) is 1.68. The van der Waals surface area contributed by atoms with Crippen molar-refractivity contribution in [2.24, 2.45) is 0 Å². The molecule has 122 valence electrons. The Labute approximate surface area is 132 Å². The zero-order valence-electron chi connectivity index (χ0n) is 13.3. The molecule has 0 radical (unpaired) electrons. The summed E-state index contributed by atoms with van der Waals surface area (Å²) in [7, 11) is 0.711. The van der Waals surface area contributed by atoms with Crippen LogP contribution < -0.4 is 4.90 Å². The lowest BCUT2D eigenvalue weighted by Gasteiger charge is -2.21. The van der Waals surface area contributed by atoms with Crippen molar-refractivity contribution in [1.82, 2.24) is 9.21 Å². The van der Waals surface area contributed by atoms with Gasteiger partial charge in [0.2, 0.25) is 10.0 Å². The molecule has 0 saturated carbocycles. The summed E-state index contributed by atoms with van der Waals surface area (Å²) >= 11 is 0. The van der Waals surface area contributed by atoms with E-state index in [9.17, 15) is 13.2 Å². The minimum atomic E-state index is -3.19. The molecule has 0 atom stereocenters. The number of hydrogen-bond acceptors (Lipinski definition) is 4. The Morgan fingerprint density at radius 2 is 1.68 bits per heavy atom. The second-order valence-electron chi connectivity index (χ2n) is 5.75. The maximum atomic E-state index is 12.5. The van der Waals surface area contributed by atoms with Gasteiger partial charge < -0.3 is 9.80 Å². The first kappa shape index (κ1) is 16.8. The van der Waals surface area contributed by atoms with E-state index in [-0.39, 0.29) is 5.91 Å². The van der Waals surface area contributed by atoms with E-state index in [2.05, 4.69) is 0 Å². The van der Waals surface area contributed by atoms with E-state index in [1.807, 2.05) is 43.3 Å². The highest BCUT2D eigenvalue weighted by Gasteiger charge is 2.24. The fourth-order valence-electron chi connectivity index (χ4n) is 2.51. The van der Waals surface area contributed by atoms with Crippen LogP contribution in [0.2, 0.25) is 0 Å². The molecule has 1 aliphatic heterocycles. The quantitative estimate of drug-likeness (QED) is 0.827. The van der Waals surface area contributed by atoms with E-state index < -0.39 is 10.0 Å². The van der Waals surface area contributed by atoms with E-state index in [1.165, 1.54) is 10.6 Å². The third-order valence-corrected chi connectivity index (χ3v) is 5.14. The highest BCUT2D eigenvalue weighted by molar-refractivity contribution is 7.88. The van der Waals surface area contributed by atoms with E-state index in [1.54, 1.807) is 4.90 Å². The molecular formula is C15H23N3O3S. The highest BCUT2D eigenvalue weighted by Crippen LogP contribution is 2.15. The summed E-state index contributed by atoms with van der Waals surface area (Å²) in [6.45, 7) is 1.85. The van der Waals surface area contributed by atoms with Gasteiger partial charge in [0.05, 0.1) is 6.26 Å². The van der Waals surface area contributed by atoms with Crippen LogP contribution in [-0.2, 0) is 10.0 Å². The molecule has 1 heterocycles. The average Bonchev–Trinajstić information content (AvgIpc) is 2.72. The molecule has 1 aliphatic rings. The van der Waals surface area contributed by atoms with Crippen molar-refractivity contribution in [2.75, 3.05) is 51.4 Å². The fraction of sp³-hybridized carbons (Fsp3) is 0.533. The SMILES string of the molecule is CN(C)c1ccc(C(=O)N2CCCN(S(C)(=O)=O)CC2)cc1. The molecule has 0 unspecified atom stereocenters. The number of amides is 1. The number of sulfonamides is 1. The van der Waals surface area contributed by atoms with Crippen LogP contribution in [0.4, 0.5) is 5.69 Å². The first-order valence-corrected chi connectivity index (χ1v) is 9.15. The molecule has 0 N–H and O–H groups in total. The van der Waals surface area contributed by atoms with Crippen LogP contribution in [0.3, 0.4) is 0 Å². The van der Waals surface area contributed by atoms with E-state index >= 15 is 0 Å². The fourth-order valence-corrected chi connectivity index (χ4v) is 3.39. The molecule has 0 aliphatic carbocycles. The van der Waals surface area contributed by atoms with Crippen LogP contribution in [0.1, 0.15) is 16.8 Å². The number of carbonyl (C=O) groups excluding carboxylic acids is 1. The summed E-state index contributed by atoms with van der Waals surface area (Å²) < 4.78 is 24.6. The molecule has 1 aromatic carbocycles. The molecule has 1 aromatic rings. The Bertz CT molecular complexity index is 626. The predicted molar refractivity (Wildman–Crippen MR) is 87.7 cm³/mol. The Balaban J connectivity index is 2.06. The van der Waals surface area contributed by atoms with Gasteiger partial charge in [0.1, 0.15) is 0 Å². The van der Waals surface area contributed by atoms with Crippen molar-refractivity contribution in [3.8, 4) is 0 Å². The van der Waals surface area contributed by atoms with Gasteiger partial charge in [-0.1, -0.05) is 0 Å². The van der Waals surface area contributed by atoms with Crippen LogP contribution >= 0.6 is 0 Å². The Hall–Kier alpha value is -1.60. The van der Waals surface area contributed by atoms with Crippen LogP contribution in [0.15, 0.2) is 24.3 Å². The largest absolute Gasteiger partial charge is 0.378 e. The van der Waals surface area contributed by atoms with Crippen LogP contribution in [0.5, 0.6) is 0 Å². The average molecular weight is 325 g/mol. The van der Waals surface area contributed by atoms with Crippen molar-refractivity contribution in [2.45, 2.75) is 6.42 Å². The van der Waals surface area contributed by atoms with Gasteiger partial charge in [0.25, 0.3) is 5.91 Å². The second-order valence-corrected chi connectivity index (χ2v) is 7.73. The Morgan fingerprint density at radius 3 is 2.23 bits per heavy atom. The minimum Gasteiger partial charge on any atom is -0.378 e. The summed E-state index contributed by atoms with van der Waals surface area (Å²) in [6, 6.07) is 7.45. The zero-order chi connectivity index (χ0) is 16.3. The number of carbonyl (C=O) groups is 1. The first-order chi connectivity index (χ1) is 10.3. The molecule has 22 heavy (non-hydrogen) atoms. The van der Waals surface area contributed by atoms with Gasteiger partial charge in [-0.15, -0.1) is 0 Å². The monoisotopic (exact) mass is 325 g/mol. The number of benzene rings is 1. The molecular weight excluding hydrogens is 302 g/mol. The summed E-state index contributed by atoms with van der Waals surface area (Å²) in [6.07, 6.45) is 1.87. The van der Waals surface area contributed by atoms with Crippen molar-refractivity contribution < 1.29 is 13.2 Å². The van der Waals surface area contributed by atoms with Gasteiger partial charge in [0.15, 0.2) is 0 Å². The van der Waals surface area contributed by atoms with Crippen molar-refractivity contribution in [3.05, 3.63) is 29.8 Å². The predicted octanol–water partition coefficient (Wildman–Crippen LogP) is 0.860. The van der Waals surface area contributed by atoms with Gasteiger partial charge in [-0.05, 0) is 30.7 Å². The summed E-state index contributed by atoms with van der Waals surface area (Å²) in [5, 5.41) is 0. The normalized spacial score (nSPS) is 17.1. The standard InChI is InChI=1S/C15H23N3O3S/c1-16(2)14-7-5-13(6-8-14)15(19)17-9-4-10-18(12-11-17)22(3,20)21/h5-8H,4,9-12H2,1-3H3. The molecule has 0 spiro atoms. The lowest BCUT2D eigenvalue weighted by Crippen LogP contribution is -2.36. The molecule has 1 saturated heterocycles. The lowest BCUT2D eigenvalue weighted by molar-refractivity contribution is 0.0764. The molecule has 0 aromatic heterocycles. The number of rotatable bonds is 3. The number of hydrogen-bond donors (Lipinski definition) is 0. The van der Waals surface area contributed by atoms with Gasteiger partial charge in [-0.3, -0.25) is 4.79 Å². The van der Waals surface area contributed by atoms with Gasteiger partial charge in [0, 0.05) is 51.5 Å². The van der Waals surface area contributed by atoms with Gasteiger partial charge >= 0.3 is 0 Å². The minimum absolute atomic E-state index is 0.0411. The number of anilines is 1. The van der Waals surface area contributed by atoms with E-state index in [4.69, 9.17) is 0 Å². The molecule has 0 bridgehead atoms. The number of nitrogens with zero attached hydrogens (tertiary/aromatic N) is 3.